The summed E-state index contributed by atoms with van der Waals surface area (Å²) in [6.45, 7) is 0.709. The number of anilines is 1. The molecule has 0 spiro atoms. The third-order valence-electron chi connectivity index (χ3n) is 4.34. The Morgan fingerprint density at radius 1 is 1.11 bits per heavy atom. The minimum atomic E-state index is -0.241. The number of carbonyl (C=O) groups is 2. The summed E-state index contributed by atoms with van der Waals surface area (Å²) < 4.78 is 10.8. The third kappa shape index (κ3) is 4.92. The lowest BCUT2D eigenvalue weighted by Crippen LogP contribution is -2.44. The second kappa shape index (κ2) is 8.77. The van der Waals surface area contributed by atoms with Gasteiger partial charge >= 0.3 is 0 Å². The van der Waals surface area contributed by atoms with E-state index in [1.807, 2.05) is 0 Å². The van der Waals surface area contributed by atoms with Crippen LogP contribution in [0.25, 0.3) is 0 Å². The summed E-state index contributed by atoms with van der Waals surface area (Å²) in [7, 11) is 1.58. The third-order valence-corrected chi connectivity index (χ3v) is 4.60. The Kier molecular flexibility index (Phi) is 6.19. The molecule has 1 aliphatic rings. The standard InChI is InChI=1S/C20H21ClN2O4/c1-26-17-10-6-16(7-11-17)23(14-22-12-2-3-19(22)24)20(25)13-27-18-8-4-15(21)5-9-18/h4-11H,2-3,12-14H2,1H3. The van der Waals surface area contributed by atoms with Crippen LogP contribution < -0.4 is 14.4 Å². The summed E-state index contributed by atoms with van der Waals surface area (Å²) in [5.41, 5.74) is 0.681. The van der Waals surface area contributed by atoms with Crippen molar-refractivity contribution in [3.05, 3.63) is 53.6 Å². The van der Waals surface area contributed by atoms with Gasteiger partial charge in [-0.05, 0) is 55.0 Å². The second-order valence-electron chi connectivity index (χ2n) is 6.16. The molecule has 1 fully saturated rings. The van der Waals surface area contributed by atoms with Gasteiger partial charge in [0.15, 0.2) is 6.61 Å². The average Bonchev–Trinajstić information content (AvgIpc) is 3.10. The van der Waals surface area contributed by atoms with Gasteiger partial charge in [0.05, 0.1) is 7.11 Å². The predicted molar refractivity (Wildman–Crippen MR) is 103 cm³/mol. The fourth-order valence-corrected chi connectivity index (χ4v) is 2.97. The molecule has 0 aromatic heterocycles. The smallest absolute Gasteiger partial charge is 0.266 e. The zero-order chi connectivity index (χ0) is 19.2. The quantitative estimate of drug-likeness (QED) is 0.730. The first-order chi connectivity index (χ1) is 13.1. The number of likely N-dealkylation sites (tertiary alicyclic amines) is 1. The van der Waals surface area contributed by atoms with Gasteiger partial charge in [-0.3, -0.25) is 14.5 Å². The van der Waals surface area contributed by atoms with Gasteiger partial charge in [0, 0.05) is 23.7 Å². The first-order valence-corrected chi connectivity index (χ1v) is 9.05. The summed E-state index contributed by atoms with van der Waals surface area (Å²) in [4.78, 5) is 28.1. The van der Waals surface area contributed by atoms with Gasteiger partial charge in [-0.2, -0.15) is 0 Å². The van der Waals surface area contributed by atoms with Gasteiger partial charge in [0.1, 0.15) is 18.2 Å². The van der Waals surface area contributed by atoms with Crippen LogP contribution in [0.3, 0.4) is 0 Å². The van der Waals surface area contributed by atoms with Crippen molar-refractivity contribution in [2.45, 2.75) is 12.8 Å². The number of ether oxygens (including phenoxy) is 2. The Morgan fingerprint density at radius 2 is 1.78 bits per heavy atom. The molecule has 3 rings (SSSR count). The van der Waals surface area contributed by atoms with Crippen LogP contribution in [0.1, 0.15) is 12.8 Å². The van der Waals surface area contributed by atoms with E-state index in [9.17, 15) is 9.59 Å². The average molecular weight is 389 g/mol. The summed E-state index contributed by atoms with van der Waals surface area (Å²) >= 11 is 5.86. The van der Waals surface area contributed by atoms with Crippen LogP contribution in [-0.2, 0) is 9.59 Å². The highest BCUT2D eigenvalue weighted by atomic mass is 35.5. The van der Waals surface area contributed by atoms with E-state index < -0.39 is 0 Å². The minimum absolute atomic E-state index is 0.0555. The van der Waals surface area contributed by atoms with E-state index in [2.05, 4.69) is 0 Å². The molecule has 0 bridgehead atoms. The van der Waals surface area contributed by atoms with E-state index in [4.69, 9.17) is 21.1 Å². The monoisotopic (exact) mass is 388 g/mol. The molecule has 2 aromatic carbocycles. The van der Waals surface area contributed by atoms with E-state index in [1.54, 1.807) is 65.4 Å². The maximum Gasteiger partial charge on any atom is 0.266 e. The van der Waals surface area contributed by atoms with E-state index in [1.165, 1.54) is 0 Å². The molecule has 2 amide bonds. The molecule has 1 aliphatic heterocycles. The molecule has 0 saturated carbocycles. The number of methoxy groups -OCH3 is 1. The van der Waals surface area contributed by atoms with Crippen molar-refractivity contribution in [2.75, 3.05) is 31.8 Å². The largest absolute Gasteiger partial charge is 0.497 e. The van der Waals surface area contributed by atoms with Crippen LogP contribution >= 0.6 is 11.6 Å². The van der Waals surface area contributed by atoms with Gasteiger partial charge in [0.25, 0.3) is 5.91 Å². The Morgan fingerprint density at radius 3 is 2.37 bits per heavy atom. The maximum absolute atomic E-state index is 12.8. The van der Waals surface area contributed by atoms with E-state index in [0.717, 1.165) is 6.42 Å². The lowest BCUT2D eigenvalue weighted by Gasteiger charge is -2.28. The van der Waals surface area contributed by atoms with Gasteiger partial charge in [-0.15, -0.1) is 0 Å². The van der Waals surface area contributed by atoms with Gasteiger partial charge < -0.3 is 14.4 Å². The molecular weight excluding hydrogens is 368 g/mol. The second-order valence-corrected chi connectivity index (χ2v) is 6.60. The zero-order valence-corrected chi connectivity index (χ0v) is 15.8. The Hall–Kier alpha value is -2.73. The Labute approximate surface area is 163 Å². The number of amides is 2. The number of nitrogens with zero attached hydrogens (tertiary/aromatic N) is 2. The van der Waals surface area contributed by atoms with Crippen LogP contribution in [0.5, 0.6) is 11.5 Å². The van der Waals surface area contributed by atoms with Crippen LogP contribution in [0.2, 0.25) is 5.02 Å². The molecule has 0 N–H and O–H groups in total. The molecule has 0 radical (unpaired) electrons. The number of rotatable bonds is 7. The van der Waals surface area contributed by atoms with Crippen molar-refractivity contribution in [2.24, 2.45) is 0 Å². The van der Waals surface area contributed by atoms with Gasteiger partial charge in [-0.1, -0.05) is 11.6 Å². The Bertz CT molecular complexity index is 793. The molecule has 0 unspecified atom stereocenters. The normalized spacial score (nSPS) is 13.6. The van der Waals surface area contributed by atoms with Crippen molar-refractivity contribution < 1.29 is 19.1 Å². The lowest BCUT2D eigenvalue weighted by molar-refractivity contribution is -0.128. The predicted octanol–water partition coefficient (Wildman–Crippen LogP) is 3.34. The fourth-order valence-electron chi connectivity index (χ4n) is 2.84. The number of carbonyl (C=O) groups excluding carboxylic acids is 2. The highest BCUT2D eigenvalue weighted by Gasteiger charge is 2.26. The molecule has 7 heteroatoms. The minimum Gasteiger partial charge on any atom is -0.497 e. The van der Waals surface area contributed by atoms with Crippen LogP contribution in [-0.4, -0.2) is 43.6 Å². The van der Waals surface area contributed by atoms with Crippen molar-refractivity contribution >= 4 is 29.1 Å². The molecule has 6 nitrogen and oxygen atoms in total. The first-order valence-electron chi connectivity index (χ1n) is 8.67. The summed E-state index contributed by atoms with van der Waals surface area (Å²) in [6, 6.07) is 14.0. The van der Waals surface area contributed by atoms with Crippen LogP contribution in [0.4, 0.5) is 5.69 Å². The molecule has 1 saturated heterocycles. The van der Waals surface area contributed by atoms with Gasteiger partial charge in [0.2, 0.25) is 5.91 Å². The van der Waals surface area contributed by atoms with Crippen LogP contribution in [0.15, 0.2) is 48.5 Å². The summed E-state index contributed by atoms with van der Waals surface area (Å²) in [5, 5.41) is 0.598. The molecule has 142 valence electrons. The highest BCUT2D eigenvalue weighted by molar-refractivity contribution is 6.30. The molecule has 0 atom stereocenters. The van der Waals surface area contributed by atoms with Gasteiger partial charge in [-0.25, -0.2) is 0 Å². The number of halogens is 1. The SMILES string of the molecule is COc1ccc(N(CN2CCCC2=O)C(=O)COc2ccc(Cl)cc2)cc1. The number of hydrogen-bond acceptors (Lipinski definition) is 4. The topological polar surface area (TPSA) is 59.1 Å². The maximum atomic E-state index is 12.8. The van der Waals surface area contributed by atoms with Crippen molar-refractivity contribution in [3.8, 4) is 11.5 Å². The summed E-state index contributed by atoms with van der Waals surface area (Å²) in [6.07, 6.45) is 1.33. The fraction of sp³-hybridized carbons (Fsp3) is 0.300. The highest BCUT2D eigenvalue weighted by Crippen LogP contribution is 2.22. The van der Waals surface area contributed by atoms with Crippen molar-refractivity contribution in [1.82, 2.24) is 4.90 Å². The molecule has 27 heavy (non-hydrogen) atoms. The Balaban J connectivity index is 1.73. The molecule has 1 heterocycles. The number of hydrogen-bond donors (Lipinski definition) is 0. The molecule has 0 aliphatic carbocycles. The molecule has 2 aromatic rings. The van der Waals surface area contributed by atoms with Crippen molar-refractivity contribution in [3.63, 3.8) is 0 Å². The zero-order valence-electron chi connectivity index (χ0n) is 15.1. The first kappa shape index (κ1) is 19.0. The lowest BCUT2D eigenvalue weighted by atomic mass is 10.2. The van der Waals surface area contributed by atoms with Crippen molar-refractivity contribution in [1.29, 1.82) is 0 Å². The molecular formula is C20H21ClN2O4. The number of benzene rings is 2. The van der Waals surface area contributed by atoms with E-state index >= 15 is 0 Å². The van der Waals surface area contributed by atoms with Crippen LogP contribution in [0, 0.1) is 0 Å². The van der Waals surface area contributed by atoms with E-state index in [0.29, 0.717) is 35.2 Å². The summed E-state index contributed by atoms with van der Waals surface area (Å²) in [5.74, 6) is 1.07. The van der Waals surface area contributed by atoms with E-state index in [-0.39, 0.29) is 25.1 Å².